The molecule has 0 spiro atoms. The van der Waals surface area contributed by atoms with Crippen molar-refractivity contribution in [2.75, 3.05) is 17.0 Å². The highest BCUT2D eigenvalue weighted by Gasteiger charge is 2.17. The highest BCUT2D eigenvalue weighted by atomic mass is 32.2. The molecule has 0 fully saturated rings. The second-order valence-corrected chi connectivity index (χ2v) is 10.3. The molecule has 31 heavy (non-hydrogen) atoms. The van der Waals surface area contributed by atoms with Crippen LogP contribution in [-0.2, 0) is 19.9 Å². The summed E-state index contributed by atoms with van der Waals surface area (Å²) >= 11 is 0. The highest BCUT2D eigenvalue weighted by Crippen LogP contribution is 2.17. The first-order chi connectivity index (χ1) is 14.7. The zero-order chi connectivity index (χ0) is 22.5. The van der Waals surface area contributed by atoms with Crippen LogP contribution >= 0.6 is 0 Å². The second kappa shape index (κ2) is 9.27. The van der Waals surface area contributed by atoms with Gasteiger partial charge in [-0.05, 0) is 60.7 Å². The first kappa shape index (κ1) is 22.4. The molecule has 162 valence electrons. The summed E-state index contributed by atoms with van der Waals surface area (Å²) in [4.78, 5) is 12.3. The molecular formula is C21H19FN2O5S2. The fraction of sp³-hybridized carbons (Fsp3) is 0.0952. The Kier molecular flexibility index (Phi) is 6.71. The Morgan fingerprint density at radius 1 is 0.774 bits per heavy atom. The molecule has 10 heteroatoms. The van der Waals surface area contributed by atoms with Crippen LogP contribution in [0.4, 0.5) is 10.1 Å². The van der Waals surface area contributed by atoms with Gasteiger partial charge in [-0.1, -0.05) is 18.2 Å². The van der Waals surface area contributed by atoms with Crippen LogP contribution < -0.4 is 10.0 Å². The molecule has 7 nitrogen and oxygen atoms in total. The zero-order valence-electron chi connectivity index (χ0n) is 16.2. The Balaban J connectivity index is 1.60. The van der Waals surface area contributed by atoms with Crippen molar-refractivity contribution >= 4 is 31.5 Å². The van der Waals surface area contributed by atoms with Gasteiger partial charge in [0.25, 0.3) is 15.9 Å². The minimum atomic E-state index is -3.92. The molecule has 0 aliphatic carbocycles. The molecule has 0 heterocycles. The standard InChI is InChI=1S/C21H19FN2O5S2/c22-17-8-10-18(11-9-17)24-31(28,29)20-12-6-16(7-13-20)21(25)23-14-15-30(26,27)19-4-2-1-3-5-19/h1-13,24H,14-15H2,(H,23,25). The van der Waals surface area contributed by atoms with E-state index in [1.807, 2.05) is 0 Å². The summed E-state index contributed by atoms with van der Waals surface area (Å²) in [5.74, 6) is -1.29. The van der Waals surface area contributed by atoms with Crippen LogP contribution in [-0.4, -0.2) is 35.0 Å². The average molecular weight is 463 g/mol. The van der Waals surface area contributed by atoms with E-state index in [1.54, 1.807) is 18.2 Å². The van der Waals surface area contributed by atoms with Crippen LogP contribution in [0, 0.1) is 5.82 Å². The summed E-state index contributed by atoms with van der Waals surface area (Å²) in [6.45, 7) is -0.0950. The SMILES string of the molecule is O=C(NCCS(=O)(=O)c1ccccc1)c1ccc(S(=O)(=O)Nc2ccc(F)cc2)cc1. The number of hydrogen-bond acceptors (Lipinski definition) is 5. The lowest BCUT2D eigenvalue weighted by Crippen LogP contribution is -2.29. The molecule has 0 unspecified atom stereocenters. The quantitative estimate of drug-likeness (QED) is 0.535. The van der Waals surface area contributed by atoms with Crippen LogP contribution in [0.5, 0.6) is 0 Å². The second-order valence-electron chi connectivity index (χ2n) is 6.52. The molecule has 0 atom stereocenters. The normalized spacial score (nSPS) is 11.6. The van der Waals surface area contributed by atoms with Gasteiger partial charge in [-0.2, -0.15) is 0 Å². The van der Waals surface area contributed by atoms with Crippen LogP contribution in [0.15, 0.2) is 88.7 Å². The van der Waals surface area contributed by atoms with Crippen LogP contribution in [0.1, 0.15) is 10.4 Å². The summed E-state index contributed by atoms with van der Waals surface area (Å²) in [6, 6.07) is 17.9. The van der Waals surface area contributed by atoms with Crippen LogP contribution in [0.3, 0.4) is 0 Å². The van der Waals surface area contributed by atoms with Crippen molar-refractivity contribution in [3.8, 4) is 0 Å². The Hall–Kier alpha value is -3.24. The van der Waals surface area contributed by atoms with Gasteiger partial charge in [0.2, 0.25) is 0 Å². The van der Waals surface area contributed by atoms with E-state index in [0.717, 1.165) is 12.1 Å². The lowest BCUT2D eigenvalue weighted by Gasteiger charge is -2.09. The largest absolute Gasteiger partial charge is 0.351 e. The third-order valence-corrected chi connectivity index (χ3v) is 7.41. The van der Waals surface area contributed by atoms with E-state index < -0.39 is 31.6 Å². The Labute approximate surface area is 179 Å². The van der Waals surface area contributed by atoms with Gasteiger partial charge in [0.05, 0.1) is 15.5 Å². The number of benzene rings is 3. The molecule has 0 aliphatic heterocycles. The Bertz CT molecular complexity index is 1260. The van der Waals surface area contributed by atoms with E-state index in [4.69, 9.17) is 0 Å². The molecule has 0 radical (unpaired) electrons. The molecular weight excluding hydrogens is 443 g/mol. The van der Waals surface area contributed by atoms with Gasteiger partial charge in [0.15, 0.2) is 9.84 Å². The number of halogens is 1. The van der Waals surface area contributed by atoms with E-state index in [0.29, 0.717) is 0 Å². The van der Waals surface area contributed by atoms with Crippen molar-refractivity contribution in [1.29, 1.82) is 0 Å². The van der Waals surface area contributed by atoms with Gasteiger partial charge >= 0.3 is 0 Å². The molecule has 3 rings (SSSR count). The molecule has 3 aromatic carbocycles. The maximum Gasteiger partial charge on any atom is 0.261 e. The predicted molar refractivity (Wildman–Crippen MR) is 114 cm³/mol. The van der Waals surface area contributed by atoms with Crippen LogP contribution in [0.2, 0.25) is 0 Å². The van der Waals surface area contributed by atoms with Crippen molar-refractivity contribution in [3.63, 3.8) is 0 Å². The van der Waals surface area contributed by atoms with Crippen molar-refractivity contribution in [2.45, 2.75) is 9.79 Å². The lowest BCUT2D eigenvalue weighted by molar-refractivity contribution is 0.0956. The predicted octanol–water partition coefficient (Wildman–Crippen LogP) is 2.83. The van der Waals surface area contributed by atoms with E-state index in [-0.39, 0.29) is 33.3 Å². The first-order valence-corrected chi connectivity index (χ1v) is 12.3. The fourth-order valence-corrected chi connectivity index (χ4v) is 4.90. The number of carbonyl (C=O) groups is 1. The van der Waals surface area contributed by atoms with E-state index >= 15 is 0 Å². The molecule has 0 bridgehead atoms. The number of nitrogens with one attached hydrogen (secondary N) is 2. The molecule has 1 amide bonds. The average Bonchev–Trinajstić information content (AvgIpc) is 2.76. The van der Waals surface area contributed by atoms with E-state index in [1.165, 1.54) is 48.5 Å². The third-order valence-electron chi connectivity index (χ3n) is 4.28. The molecule has 0 saturated heterocycles. The van der Waals surface area contributed by atoms with Crippen molar-refractivity contribution in [3.05, 3.63) is 90.2 Å². The Morgan fingerprint density at radius 2 is 1.39 bits per heavy atom. The summed E-state index contributed by atoms with van der Waals surface area (Å²) < 4.78 is 64.6. The highest BCUT2D eigenvalue weighted by molar-refractivity contribution is 7.92. The summed E-state index contributed by atoms with van der Waals surface area (Å²) in [5.41, 5.74) is 0.376. The maximum absolute atomic E-state index is 13.0. The lowest BCUT2D eigenvalue weighted by atomic mass is 10.2. The van der Waals surface area contributed by atoms with Gasteiger partial charge in [-0.25, -0.2) is 21.2 Å². The number of anilines is 1. The Morgan fingerprint density at radius 3 is 2.00 bits per heavy atom. The summed E-state index contributed by atoms with van der Waals surface area (Å²) in [6.07, 6.45) is 0. The van der Waals surface area contributed by atoms with E-state index in [9.17, 15) is 26.0 Å². The number of sulfone groups is 1. The first-order valence-electron chi connectivity index (χ1n) is 9.12. The van der Waals surface area contributed by atoms with Gasteiger partial charge in [-0.15, -0.1) is 0 Å². The number of carbonyl (C=O) groups excluding carboxylic acids is 1. The topological polar surface area (TPSA) is 109 Å². The molecule has 0 saturated carbocycles. The van der Waals surface area contributed by atoms with Crippen molar-refractivity contribution in [1.82, 2.24) is 5.32 Å². The van der Waals surface area contributed by atoms with Crippen LogP contribution in [0.25, 0.3) is 0 Å². The number of hydrogen-bond donors (Lipinski definition) is 2. The fourth-order valence-electron chi connectivity index (χ4n) is 2.66. The minimum Gasteiger partial charge on any atom is -0.351 e. The molecule has 0 aromatic heterocycles. The summed E-state index contributed by atoms with van der Waals surface area (Å²) in [7, 11) is -7.44. The molecule has 3 aromatic rings. The summed E-state index contributed by atoms with van der Waals surface area (Å²) in [5, 5.41) is 2.51. The van der Waals surface area contributed by atoms with Gasteiger partial charge in [0.1, 0.15) is 5.82 Å². The minimum absolute atomic E-state index is 0.0833. The van der Waals surface area contributed by atoms with Gasteiger partial charge in [0, 0.05) is 17.8 Å². The molecule has 0 aliphatic rings. The number of amides is 1. The molecule has 2 N–H and O–H groups in total. The van der Waals surface area contributed by atoms with Crippen molar-refractivity contribution in [2.24, 2.45) is 0 Å². The number of sulfonamides is 1. The maximum atomic E-state index is 13.0. The van der Waals surface area contributed by atoms with Gasteiger partial charge < -0.3 is 5.32 Å². The zero-order valence-corrected chi connectivity index (χ0v) is 17.8. The monoisotopic (exact) mass is 462 g/mol. The third kappa shape index (κ3) is 5.89. The van der Waals surface area contributed by atoms with Crippen molar-refractivity contribution < 1.29 is 26.0 Å². The smallest absolute Gasteiger partial charge is 0.261 e. The number of rotatable bonds is 8. The van der Waals surface area contributed by atoms with E-state index in [2.05, 4.69) is 10.0 Å². The van der Waals surface area contributed by atoms with Gasteiger partial charge in [-0.3, -0.25) is 9.52 Å².